The molecule has 1 aromatic carbocycles. The molecular weight excluding hydrogens is 298 g/mol. The highest BCUT2D eigenvalue weighted by molar-refractivity contribution is 8.00. The first-order valence-corrected chi connectivity index (χ1v) is 8.76. The van der Waals surface area contributed by atoms with E-state index in [4.69, 9.17) is 0 Å². The number of carbonyl (C=O) groups is 1. The molecule has 0 spiro atoms. The molecule has 2 aromatic rings. The first-order valence-electron chi connectivity index (χ1n) is 5.57. The van der Waals surface area contributed by atoms with Gasteiger partial charge in [-0.05, 0) is 11.8 Å². The average molecular weight is 311 g/mol. The first kappa shape index (κ1) is 14.4. The number of carbonyl (C=O) groups excluding carboxylic acids is 1. The maximum absolute atomic E-state index is 11.7. The minimum Gasteiger partial charge on any atom is -0.300 e. The van der Waals surface area contributed by atoms with Gasteiger partial charge in [-0.15, -0.1) is 22.0 Å². The van der Waals surface area contributed by atoms with E-state index in [2.05, 4.69) is 27.6 Å². The van der Waals surface area contributed by atoms with Crippen molar-refractivity contribution in [1.29, 1.82) is 0 Å². The fraction of sp³-hybridized carbons (Fsp3) is 0.250. The molecule has 0 saturated carbocycles. The predicted molar refractivity (Wildman–Crippen MR) is 82.9 cm³/mol. The average Bonchev–Trinajstić information content (AvgIpc) is 2.87. The number of nitrogens with zero attached hydrogens (tertiary/aromatic N) is 2. The molecular formula is C12H13N3OS3. The lowest BCUT2D eigenvalue weighted by Crippen LogP contribution is -2.13. The van der Waals surface area contributed by atoms with Gasteiger partial charge in [0.1, 0.15) is 0 Å². The number of hydrogen-bond acceptors (Lipinski definition) is 6. The van der Waals surface area contributed by atoms with E-state index in [-0.39, 0.29) is 5.91 Å². The van der Waals surface area contributed by atoms with Crippen molar-refractivity contribution in [2.24, 2.45) is 0 Å². The Morgan fingerprint density at radius 3 is 2.79 bits per heavy atom. The van der Waals surface area contributed by atoms with Crippen LogP contribution in [-0.2, 0) is 10.5 Å². The van der Waals surface area contributed by atoms with Gasteiger partial charge in [0.2, 0.25) is 11.0 Å². The van der Waals surface area contributed by atoms with Crippen molar-refractivity contribution in [2.45, 2.75) is 10.1 Å². The van der Waals surface area contributed by atoms with E-state index in [9.17, 15) is 4.79 Å². The van der Waals surface area contributed by atoms with Crippen LogP contribution in [0.25, 0.3) is 0 Å². The summed E-state index contributed by atoms with van der Waals surface area (Å²) < 4.78 is 0.854. The maximum atomic E-state index is 11.7. The minimum atomic E-state index is -0.0373. The summed E-state index contributed by atoms with van der Waals surface area (Å²) in [4.78, 5) is 11.7. The molecule has 2 rings (SSSR count). The number of aromatic nitrogens is 2. The second-order valence-electron chi connectivity index (χ2n) is 3.60. The summed E-state index contributed by atoms with van der Waals surface area (Å²) in [6, 6.07) is 10.1. The molecule has 0 saturated heterocycles. The molecule has 7 heteroatoms. The normalized spacial score (nSPS) is 10.4. The zero-order valence-corrected chi connectivity index (χ0v) is 12.8. The van der Waals surface area contributed by atoms with Crippen LogP contribution in [0.1, 0.15) is 5.56 Å². The summed E-state index contributed by atoms with van der Waals surface area (Å²) >= 11 is 4.50. The first-order chi connectivity index (χ1) is 9.28. The van der Waals surface area contributed by atoms with E-state index < -0.39 is 0 Å². The van der Waals surface area contributed by atoms with Gasteiger partial charge >= 0.3 is 0 Å². The Balaban J connectivity index is 1.73. The number of amides is 1. The molecule has 0 aliphatic carbocycles. The van der Waals surface area contributed by atoms with Gasteiger partial charge in [0.15, 0.2) is 4.34 Å². The van der Waals surface area contributed by atoms with Gasteiger partial charge in [0.05, 0.1) is 5.75 Å². The van der Waals surface area contributed by atoms with Gasteiger partial charge in [-0.3, -0.25) is 10.1 Å². The Labute approximate surface area is 124 Å². The van der Waals surface area contributed by atoms with Crippen molar-refractivity contribution in [3.8, 4) is 0 Å². The number of benzene rings is 1. The van der Waals surface area contributed by atoms with Crippen molar-refractivity contribution in [2.75, 3.05) is 17.3 Å². The quantitative estimate of drug-likeness (QED) is 0.656. The van der Waals surface area contributed by atoms with Crippen molar-refractivity contribution in [1.82, 2.24) is 10.2 Å². The van der Waals surface area contributed by atoms with E-state index in [1.807, 2.05) is 24.5 Å². The Bertz CT molecular complexity index is 530. The molecule has 1 amide bonds. The van der Waals surface area contributed by atoms with Crippen LogP contribution in [0, 0.1) is 0 Å². The Kier molecular flexibility index (Phi) is 5.68. The van der Waals surface area contributed by atoms with E-state index in [1.54, 1.807) is 11.8 Å². The zero-order valence-electron chi connectivity index (χ0n) is 10.3. The van der Waals surface area contributed by atoms with E-state index in [0.717, 1.165) is 10.1 Å². The van der Waals surface area contributed by atoms with Crippen LogP contribution in [0.15, 0.2) is 34.7 Å². The highest BCUT2D eigenvalue weighted by atomic mass is 32.2. The number of rotatable bonds is 6. The topological polar surface area (TPSA) is 54.9 Å². The predicted octanol–water partition coefficient (Wildman–Crippen LogP) is 3.13. The van der Waals surface area contributed by atoms with Crippen LogP contribution in [-0.4, -0.2) is 28.1 Å². The standard InChI is InChI=1S/C12H13N3OS3/c1-17-12-15-14-11(19-12)13-10(16)8-18-7-9-5-3-2-4-6-9/h2-6H,7-8H2,1H3,(H,13,14,16). The van der Waals surface area contributed by atoms with Crippen LogP contribution >= 0.6 is 34.9 Å². The molecule has 4 nitrogen and oxygen atoms in total. The van der Waals surface area contributed by atoms with Crippen LogP contribution < -0.4 is 5.32 Å². The molecule has 0 atom stereocenters. The van der Waals surface area contributed by atoms with Gasteiger partial charge in [-0.2, -0.15) is 0 Å². The smallest absolute Gasteiger partial charge is 0.236 e. The summed E-state index contributed by atoms with van der Waals surface area (Å²) in [5, 5.41) is 11.1. The Morgan fingerprint density at radius 2 is 2.11 bits per heavy atom. The summed E-state index contributed by atoms with van der Waals surface area (Å²) in [6.45, 7) is 0. The number of hydrogen-bond donors (Lipinski definition) is 1. The lowest BCUT2D eigenvalue weighted by molar-refractivity contribution is -0.113. The third kappa shape index (κ3) is 4.85. The van der Waals surface area contributed by atoms with Gasteiger partial charge < -0.3 is 0 Å². The number of nitrogens with one attached hydrogen (secondary N) is 1. The van der Waals surface area contributed by atoms with E-state index >= 15 is 0 Å². The fourth-order valence-electron chi connectivity index (χ4n) is 1.33. The van der Waals surface area contributed by atoms with Crippen molar-refractivity contribution >= 4 is 45.9 Å². The number of anilines is 1. The summed E-state index contributed by atoms with van der Waals surface area (Å²) in [7, 11) is 0. The monoisotopic (exact) mass is 311 g/mol. The molecule has 0 aliphatic heterocycles. The van der Waals surface area contributed by atoms with Crippen molar-refractivity contribution in [3.05, 3.63) is 35.9 Å². The van der Waals surface area contributed by atoms with Gasteiger partial charge in [0.25, 0.3) is 0 Å². The van der Waals surface area contributed by atoms with Crippen molar-refractivity contribution in [3.63, 3.8) is 0 Å². The molecule has 19 heavy (non-hydrogen) atoms. The Morgan fingerprint density at radius 1 is 1.32 bits per heavy atom. The zero-order chi connectivity index (χ0) is 13.5. The van der Waals surface area contributed by atoms with Gasteiger partial charge in [-0.1, -0.05) is 53.4 Å². The van der Waals surface area contributed by atoms with Crippen LogP contribution in [0.4, 0.5) is 5.13 Å². The second kappa shape index (κ2) is 7.52. The second-order valence-corrected chi connectivity index (χ2v) is 6.62. The molecule has 1 heterocycles. The molecule has 1 aromatic heterocycles. The van der Waals surface area contributed by atoms with E-state index in [1.165, 1.54) is 28.7 Å². The summed E-state index contributed by atoms with van der Waals surface area (Å²) in [6.07, 6.45) is 1.93. The molecule has 100 valence electrons. The highest BCUT2D eigenvalue weighted by Gasteiger charge is 2.07. The molecule has 0 bridgehead atoms. The van der Waals surface area contributed by atoms with Gasteiger partial charge in [0, 0.05) is 5.75 Å². The molecule has 1 N–H and O–H groups in total. The maximum Gasteiger partial charge on any atom is 0.236 e. The Hall–Kier alpha value is -1.05. The largest absolute Gasteiger partial charge is 0.300 e. The lowest BCUT2D eigenvalue weighted by atomic mass is 10.2. The van der Waals surface area contributed by atoms with Crippen molar-refractivity contribution < 1.29 is 4.79 Å². The molecule has 0 radical (unpaired) electrons. The van der Waals surface area contributed by atoms with Crippen LogP contribution in [0.2, 0.25) is 0 Å². The summed E-state index contributed by atoms with van der Waals surface area (Å²) in [5.41, 5.74) is 1.22. The third-order valence-electron chi connectivity index (χ3n) is 2.17. The minimum absolute atomic E-state index is 0.0373. The molecule has 0 unspecified atom stereocenters. The summed E-state index contributed by atoms with van der Waals surface area (Å²) in [5.74, 6) is 1.22. The lowest BCUT2D eigenvalue weighted by Gasteiger charge is -2.01. The highest BCUT2D eigenvalue weighted by Crippen LogP contribution is 2.23. The molecule has 0 fully saturated rings. The van der Waals surface area contributed by atoms with Gasteiger partial charge in [-0.25, -0.2) is 0 Å². The fourth-order valence-corrected chi connectivity index (χ4v) is 3.31. The SMILES string of the molecule is CSc1nnc(NC(=O)CSCc2ccccc2)s1. The van der Waals surface area contributed by atoms with Crippen LogP contribution in [0.3, 0.4) is 0 Å². The van der Waals surface area contributed by atoms with E-state index in [0.29, 0.717) is 10.9 Å². The molecule has 0 aliphatic rings. The number of thioether (sulfide) groups is 2. The van der Waals surface area contributed by atoms with Crippen LogP contribution in [0.5, 0.6) is 0 Å². The third-order valence-corrected chi connectivity index (χ3v) is 4.99.